The molecular formula is C14H12N2O2S. The number of thiazole rings is 1. The first kappa shape index (κ1) is 12.0. The second kappa shape index (κ2) is 4.93. The van der Waals surface area contributed by atoms with E-state index < -0.39 is 0 Å². The van der Waals surface area contributed by atoms with Gasteiger partial charge in [0.15, 0.2) is 11.4 Å². The molecule has 5 heteroatoms. The van der Waals surface area contributed by atoms with E-state index in [-0.39, 0.29) is 11.8 Å². The summed E-state index contributed by atoms with van der Waals surface area (Å²) in [6.07, 6.45) is 1.20. The summed E-state index contributed by atoms with van der Waals surface area (Å²) in [7, 11) is 0. The molecule has 2 heterocycles. The fraction of sp³-hybridized carbons (Fsp3) is 0.214. The third-order valence-corrected chi connectivity index (χ3v) is 4.14. The largest absolute Gasteiger partial charge is 0.296 e. The molecule has 0 bridgehead atoms. The van der Waals surface area contributed by atoms with Gasteiger partial charge in [-0.2, -0.15) is 0 Å². The van der Waals surface area contributed by atoms with Crippen LogP contribution in [0.15, 0.2) is 35.7 Å². The zero-order valence-corrected chi connectivity index (χ0v) is 11.0. The zero-order valence-electron chi connectivity index (χ0n) is 10.2. The van der Waals surface area contributed by atoms with Crippen molar-refractivity contribution in [3.8, 4) is 0 Å². The fourth-order valence-corrected chi connectivity index (χ4v) is 3.09. The van der Waals surface area contributed by atoms with E-state index in [0.29, 0.717) is 30.1 Å². The van der Waals surface area contributed by atoms with Gasteiger partial charge < -0.3 is 0 Å². The normalized spacial score (nSPS) is 18.8. The number of nitrogens with zero attached hydrogens (tertiary/aromatic N) is 2. The molecule has 1 aromatic heterocycles. The number of rotatable bonds is 3. The van der Waals surface area contributed by atoms with E-state index in [2.05, 4.69) is 4.98 Å². The van der Waals surface area contributed by atoms with Crippen LogP contribution in [-0.4, -0.2) is 23.7 Å². The minimum Gasteiger partial charge on any atom is -0.296 e. The van der Waals surface area contributed by atoms with Crippen LogP contribution in [0.2, 0.25) is 0 Å². The van der Waals surface area contributed by atoms with E-state index in [1.165, 1.54) is 16.9 Å². The Labute approximate surface area is 114 Å². The predicted molar refractivity (Wildman–Crippen MR) is 73.7 cm³/mol. The molecule has 0 spiro atoms. The standard InChI is InChI=1S/C14H12N2O2S/c17-8-12-9-19-14(15-12)16-7-11(6-13(16)18)10-4-2-1-3-5-10/h1-5,8-9,11H,6-7H2. The molecule has 1 atom stereocenters. The molecule has 4 nitrogen and oxygen atoms in total. The molecule has 1 saturated heterocycles. The van der Waals surface area contributed by atoms with Crippen molar-refractivity contribution in [1.82, 2.24) is 4.98 Å². The van der Waals surface area contributed by atoms with Crippen LogP contribution in [-0.2, 0) is 4.79 Å². The van der Waals surface area contributed by atoms with Gasteiger partial charge in [-0.15, -0.1) is 11.3 Å². The number of benzene rings is 1. The van der Waals surface area contributed by atoms with E-state index in [9.17, 15) is 9.59 Å². The van der Waals surface area contributed by atoms with Gasteiger partial charge in [0.25, 0.3) is 0 Å². The van der Waals surface area contributed by atoms with Crippen molar-refractivity contribution in [3.05, 3.63) is 47.0 Å². The minimum atomic E-state index is 0.0700. The number of aromatic nitrogens is 1. The summed E-state index contributed by atoms with van der Waals surface area (Å²) in [5.41, 5.74) is 1.56. The molecule has 2 aromatic rings. The topological polar surface area (TPSA) is 50.3 Å². The van der Waals surface area contributed by atoms with Gasteiger partial charge in [0.2, 0.25) is 5.91 Å². The minimum absolute atomic E-state index is 0.0700. The lowest BCUT2D eigenvalue weighted by atomic mass is 9.99. The summed E-state index contributed by atoms with van der Waals surface area (Å²) in [6, 6.07) is 10.0. The average Bonchev–Trinajstić information content (AvgIpc) is 3.06. The molecule has 0 saturated carbocycles. The Kier molecular flexibility index (Phi) is 3.13. The Morgan fingerprint density at radius 1 is 1.32 bits per heavy atom. The summed E-state index contributed by atoms with van der Waals surface area (Å²) >= 11 is 1.34. The van der Waals surface area contributed by atoms with Crippen LogP contribution in [0, 0.1) is 0 Å². The summed E-state index contributed by atoms with van der Waals surface area (Å²) < 4.78 is 0. The number of carbonyl (C=O) groups is 2. The molecule has 1 aliphatic heterocycles. The Bertz CT molecular complexity index is 609. The van der Waals surface area contributed by atoms with E-state index >= 15 is 0 Å². The maximum Gasteiger partial charge on any atom is 0.229 e. The summed E-state index contributed by atoms with van der Waals surface area (Å²) in [5.74, 6) is 0.276. The lowest BCUT2D eigenvalue weighted by Crippen LogP contribution is -2.24. The van der Waals surface area contributed by atoms with Crippen LogP contribution < -0.4 is 4.90 Å². The average molecular weight is 272 g/mol. The number of amides is 1. The Morgan fingerprint density at radius 2 is 2.11 bits per heavy atom. The Morgan fingerprint density at radius 3 is 2.79 bits per heavy atom. The molecule has 1 aliphatic rings. The molecule has 1 unspecified atom stereocenters. The van der Waals surface area contributed by atoms with Crippen LogP contribution in [0.3, 0.4) is 0 Å². The van der Waals surface area contributed by atoms with Crippen LogP contribution in [0.1, 0.15) is 28.4 Å². The molecule has 0 radical (unpaired) electrons. The van der Waals surface area contributed by atoms with Crippen molar-refractivity contribution in [2.45, 2.75) is 12.3 Å². The molecular weight excluding hydrogens is 260 g/mol. The second-order valence-corrected chi connectivity index (χ2v) is 5.33. The summed E-state index contributed by atoms with van der Waals surface area (Å²) in [4.78, 5) is 28.5. The highest BCUT2D eigenvalue weighted by Gasteiger charge is 2.32. The SMILES string of the molecule is O=Cc1csc(N2CC(c3ccccc3)CC2=O)n1. The van der Waals surface area contributed by atoms with Gasteiger partial charge in [0.05, 0.1) is 0 Å². The van der Waals surface area contributed by atoms with Crippen molar-refractivity contribution in [2.24, 2.45) is 0 Å². The lowest BCUT2D eigenvalue weighted by Gasteiger charge is -2.13. The van der Waals surface area contributed by atoms with Gasteiger partial charge in [0, 0.05) is 24.3 Å². The third-order valence-electron chi connectivity index (χ3n) is 3.26. The highest BCUT2D eigenvalue weighted by atomic mass is 32.1. The monoisotopic (exact) mass is 272 g/mol. The van der Waals surface area contributed by atoms with E-state index in [1.54, 1.807) is 10.3 Å². The highest BCUT2D eigenvalue weighted by Crippen LogP contribution is 2.32. The molecule has 1 amide bonds. The molecule has 1 fully saturated rings. The van der Waals surface area contributed by atoms with Crippen molar-refractivity contribution < 1.29 is 9.59 Å². The van der Waals surface area contributed by atoms with Crippen molar-refractivity contribution in [2.75, 3.05) is 11.4 Å². The van der Waals surface area contributed by atoms with Crippen molar-refractivity contribution >= 4 is 28.7 Å². The van der Waals surface area contributed by atoms with Gasteiger partial charge in [0.1, 0.15) is 5.69 Å². The van der Waals surface area contributed by atoms with Crippen LogP contribution in [0.4, 0.5) is 5.13 Å². The van der Waals surface area contributed by atoms with Crippen molar-refractivity contribution in [1.29, 1.82) is 0 Å². The predicted octanol–water partition coefficient (Wildman–Crippen LogP) is 2.48. The number of anilines is 1. The van der Waals surface area contributed by atoms with E-state index in [1.807, 2.05) is 30.3 Å². The van der Waals surface area contributed by atoms with Gasteiger partial charge in [-0.05, 0) is 5.56 Å². The first-order valence-electron chi connectivity index (χ1n) is 6.04. The zero-order chi connectivity index (χ0) is 13.2. The number of carbonyl (C=O) groups excluding carboxylic acids is 2. The first-order chi connectivity index (χ1) is 9.28. The fourth-order valence-electron chi connectivity index (χ4n) is 2.30. The smallest absolute Gasteiger partial charge is 0.229 e. The highest BCUT2D eigenvalue weighted by molar-refractivity contribution is 7.14. The maximum absolute atomic E-state index is 12.1. The second-order valence-electron chi connectivity index (χ2n) is 4.49. The van der Waals surface area contributed by atoms with E-state index in [4.69, 9.17) is 0 Å². The molecule has 0 aliphatic carbocycles. The Balaban J connectivity index is 1.82. The Hall–Kier alpha value is -2.01. The number of hydrogen-bond acceptors (Lipinski definition) is 4. The number of aldehydes is 1. The summed E-state index contributed by atoms with van der Waals surface area (Å²) in [6.45, 7) is 0.634. The molecule has 1 aromatic carbocycles. The molecule has 19 heavy (non-hydrogen) atoms. The number of hydrogen-bond donors (Lipinski definition) is 0. The molecule has 96 valence electrons. The molecule has 0 N–H and O–H groups in total. The summed E-state index contributed by atoms with van der Waals surface area (Å²) in [5, 5.41) is 2.29. The quantitative estimate of drug-likeness (QED) is 0.806. The van der Waals surface area contributed by atoms with Gasteiger partial charge in [-0.1, -0.05) is 30.3 Å². The van der Waals surface area contributed by atoms with Gasteiger partial charge in [-0.25, -0.2) is 4.98 Å². The van der Waals surface area contributed by atoms with Crippen LogP contribution in [0.5, 0.6) is 0 Å². The van der Waals surface area contributed by atoms with Crippen molar-refractivity contribution in [3.63, 3.8) is 0 Å². The van der Waals surface area contributed by atoms with Crippen LogP contribution >= 0.6 is 11.3 Å². The first-order valence-corrected chi connectivity index (χ1v) is 6.92. The van der Waals surface area contributed by atoms with Crippen LogP contribution in [0.25, 0.3) is 0 Å². The third kappa shape index (κ3) is 2.29. The van der Waals surface area contributed by atoms with Gasteiger partial charge in [-0.3, -0.25) is 14.5 Å². The van der Waals surface area contributed by atoms with Gasteiger partial charge >= 0.3 is 0 Å². The van der Waals surface area contributed by atoms with E-state index in [0.717, 1.165) is 0 Å². The lowest BCUT2D eigenvalue weighted by molar-refractivity contribution is -0.117. The molecule has 3 rings (SSSR count). The maximum atomic E-state index is 12.1.